The van der Waals surface area contributed by atoms with Crippen LogP contribution in [0.5, 0.6) is 0 Å². The van der Waals surface area contributed by atoms with Crippen LogP contribution >= 0.6 is 0 Å². The van der Waals surface area contributed by atoms with Crippen LogP contribution in [0.4, 0.5) is 0 Å². The molecule has 2 fully saturated rings. The first-order valence-electron chi connectivity index (χ1n) is 9.28. The van der Waals surface area contributed by atoms with Crippen LogP contribution in [0.1, 0.15) is 53.9 Å². The largest absolute Gasteiger partial charge is 0.464 e. The van der Waals surface area contributed by atoms with E-state index in [0.29, 0.717) is 32.4 Å². The molecule has 6 heteroatoms. The Morgan fingerprint density at radius 1 is 1.40 bits per heavy atom. The number of rotatable bonds is 5. The van der Waals surface area contributed by atoms with Gasteiger partial charge in [0.2, 0.25) is 5.91 Å². The van der Waals surface area contributed by atoms with Gasteiger partial charge in [0.1, 0.15) is 5.54 Å². The normalized spacial score (nSPS) is 26.9. The van der Waals surface area contributed by atoms with Crippen molar-refractivity contribution in [3.8, 4) is 0 Å². The molecule has 142 valence electrons. The van der Waals surface area contributed by atoms with E-state index in [1.165, 1.54) is 0 Å². The number of amides is 1. The highest BCUT2D eigenvalue weighted by atomic mass is 28.4. The molecule has 0 radical (unpaired) electrons. The van der Waals surface area contributed by atoms with E-state index >= 15 is 0 Å². The van der Waals surface area contributed by atoms with Gasteiger partial charge in [0.05, 0.1) is 12.7 Å². The van der Waals surface area contributed by atoms with Gasteiger partial charge in [0.15, 0.2) is 8.32 Å². The van der Waals surface area contributed by atoms with Gasteiger partial charge in [0.25, 0.3) is 0 Å². The molecule has 1 amide bonds. The predicted octanol–water partition coefficient (Wildman–Crippen LogP) is 3.65. The molecule has 0 aromatic carbocycles. The fourth-order valence-electron chi connectivity index (χ4n) is 3.55. The van der Waals surface area contributed by atoms with Crippen molar-refractivity contribution < 1.29 is 18.8 Å². The smallest absolute Gasteiger partial charge is 0.332 e. The maximum atomic E-state index is 12.5. The van der Waals surface area contributed by atoms with E-state index in [-0.39, 0.29) is 23.0 Å². The van der Waals surface area contributed by atoms with E-state index in [4.69, 9.17) is 9.16 Å². The van der Waals surface area contributed by atoms with Crippen molar-refractivity contribution >= 4 is 20.2 Å². The summed E-state index contributed by atoms with van der Waals surface area (Å²) in [7, 11) is -1.85. The van der Waals surface area contributed by atoms with E-state index < -0.39 is 13.9 Å². The zero-order valence-corrected chi connectivity index (χ0v) is 17.8. The quantitative estimate of drug-likeness (QED) is 0.423. The van der Waals surface area contributed by atoms with E-state index in [1.807, 2.05) is 0 Å². The lowest BCUT2D eigenvalue weighted by atomic mass is 9.92. The number of esters is 1. The summed E-state index contributed by atoms with van der Waals surface area (Å²) in [4.78, 5) is 26.5. The molecule has 0 aromatic rings. The van der Waals surface area contributed by atoms with Crippen LogP contribution in [-0.4, -0.2) is 49.9 Å². The van der Waals surface area contributed by atoms with Crippen molar-refractivity contribution in [1.29, 1.82) is 0 Å². The van der Waals surface area contributed by atoms with Gasteiger partial charge in [-0.2, -0.15) is 0 Å². The summed E-state index contributed by atoms with van der Waals surface area (Å²) < 4.78 is 11.7. The van der Waals surface area contributed by atoms with Crippen molar-refractivity contribution in [3.63, 3.8) is 0 Å². The summed E-state index contributed by atoms with van der Waals surface area (Å²) in [6, 6.07) is 0. The highest BCUT2D eigenvalue weighted by molar-refractivity contribution is 6.74. The molecular formula is C19H33NO4Si. The Kier molecular flexibility index (Phi) is 5.55. The maximum absolute atomic E-state index is 12.5. The van der Waals surface area contributed by atoms with E-state index in [2.05, 4.69) is 46.9 Å². The van der Waals surface area contributed by atoms with Crippen LogP contribution in [0, 0.1) is 0 Å². The molecule has 2 rings (SSSR count). The number of carbonyl (C=O) groups is 2. The topological polar surface area (TPSA) is 55.8 Å². The molecule has 2 heterocycles. The molecular weight excluding hydrogens is 334 g/mol. The molecule has 5 nitrogen and oxygen atoms in total. The van der Waals surface area contributed by atoms with Crippen LogP contribution < -0.4 is 0 Å². The second-order valence-corrected chi connectivity index (χ2v) is 13.6. The number of ether oxygens (including phenoxy) is 1. The highest BCUT2D eigenvalue weighted by Gasteiger charge is 2.56. The van der Waals surface area contributed by atoms with Crippen molar-refractivity contribution in [1.82, 2.24) is 4.90 Å². The maximum Gasteiger partial charge on any atom is 0.332 e. The van der Waals surface area contributed by atoms with Crippen LogP contribution in [-0.2, 0) is 18.8 Å². The van der Waals surface area contributed by atoms with Gasteiger partial charge in [-0.1, -0.05) is 26.8 Å². The summed E-state index contributed by atoms with van der Waals surface area (Å²) in [5, 5.41) is 0.150. The first-order valence-corrected chi connectivity index (χ1v) is 12.2. The first-order chi connectivity index (χ1) is 11.4. The van der Waals surface area contributed by atoms with E-state index in [0.717, 1.165) is 5.57 Å². The third-order valence-corrected chi connectivity index (χ3v) is 10.4. The molecule has 25 heavy (non-hydrogen) atoms. The molecule has 0 N–H and O–H groups in total. The molecule has 0 bridgehead atoms. The zero-order chi connectivity index (χ0) is 19.0. The molecule has 2 saturated heterocycles. The highest BCUT2D eigenvalue weighted by Crippen LogP contribution is 2.43. The minimum absolute atomic E-state index is 0.0229. The number of nitrogens with zero attached hydrogens (tertiary/aromatic N) is 1. The lowest BCUT2D eigenvalue weighted by Gasteiger charge is -2.38. The van der Waals surface area contributed by atoms with Gasteiger partial charge in [-0.05, 0) is 44.0 Å². The average molecular weight is 368 g/mol. The molecule has 2 aliphatic rings. The van der Waals surface area contributed by atoms with Crippen molar-refractivity contribution in [3.05, 3.63) is 11.6 Å². The Morgan fingerprint density at radius 3 is 2.60 bits per heavy atom. The van der Waals surface area contributed by atoms with E-state index in [9.17, 15) is 9.59 Å². The third kappa shape index (κ3) is 3.84. The average Bonchev–Trinajstić information content (AvgIpc) is 2.96. The van der Waals surface area contributed by atoms with Crippen molar-refractivity contribution in [2.24, 2.45) is 0 Å². The summed E-state index contributed by atoms with van der Waals surface area (Å²) in [6.45, 7) is 15.8. The lowest BCUT2D eigenvalue weighted by Crippen LogP contribution is -2.48. The Bertz CT molecular complexity index is 578. The minimum Gasteiger partial charge on any atom is -0.464 e. The monoisotopic (exact) mass is 367 g/mol. The van der Waals surface area contributed by atoms with Gasteiger partial charge in [-0.15, -0.1) is 0 Å². The Balaban J connectivity index is 2.16. The predicted molar refractivity (Wildman–Crippen MR) is 101 cm³/mol. The van der Waals surface area contributed by atoms with Gasteiger partial charge < -0.3 is 14.1 Å². The number of hydrogen-bond acceptors (Lipinski definition) is 4. The zero-order valence-electron chi connectivity index (χ0n) is 16.8. The third-order valence-electron chi connectivity index (χ3n) is 5.86. The van der Waals surface area contributed by atoms with Gasteiger partial charge in [-0.25, -0.2) is 4.79 Å². The first kappa shape index (κ1) is 20.2. The summed E-state index contributed by atoms with van der Waals surface area (Å²) in [5.74, 6) is -0.211. The Hall–Kier alpha value is -1.14. The van der Waals surface area contributed by atoms with Gasteiger partial charge in [0, 0.05) is 19.4 Å². The fourth-order valence-corrected chi connectivity index (χ4v) is 4.90. The summed E-state index contributed by atoms with van der Waals surface area (Å²) in [6.07, 6.45) is 3.64. The van der Waals surface area contributed by atoms with E-state index in [1.54, 1.807) is 11.8 Å². The Morgan fingerprint density at radius 2 is 2.04 bits per heavy atom. The van der Waals surface area contributed by atoms with Crippen molar-refractivity contribution in [2.75, 3.05) is 13.2 Å². The summed E-state index contributed by atoms with van der Waals surface area (Å²) >= 11 is 0. The van der Waals surface area contributed by atoms with Crippen molar-refractivity contribution in [2.45, 2.75) is 83.7 Å². The van der Waals surface area contributed by atoms with Crippen LogP contribution in [0.3, 0.4) is 0 Å². The molecule has 2 atom stereocenters. The molecule has 0 saturated carbocycles. The number of carbonyl (C=O) groups excluding carboxylic acids is 2. The molecule has 0 aliphatic carbocycles. The number of hydrogen-bond donors (Lipinski definition) is 0. The van der Waals surface area contributed by atoms with Gasteiger partial charge >= 0.3 is 5.97 Å². The molecule has 2 aliphatic heterocycles. The lowest BCUT2D eigenvalue weighted by molar-refractivity contribution is -0.157. The van der Waals surface area contributed by atoms with Gasteiger partial charge in [-0.3, -0.25) is 4.79 Å². The second kappa shape index (κ2) is 6.87. The van der Waals surface area contributed by atoms with Crippen LogP contribution in [0.25, 0.3) is 0 Å². The fraction of sp³-hybridized carbons (Fsp3) is 0.789. The molecule has 0 aromatic heterocycles. The van der Waals surface area contributed by atoms with Crippen LogP contribution in [0.2, 0.25) is 18.1 Å². The molecule has 1 unspecified atom stereocenters. The second-order valence-electron chi connectivity index (χ2n) is 8.82. The minimum atomic E-state index is -1.85. The Labute approximate surface area is 152 Å². The van der Waals surface area contributed by atoms with Crippen LogP contribution in [0.15, 0.2) is 11.6 Å². The molecule has 0 spiro atoms. The SMILES string of the molecule is CCOC(=O)[C@@]12CCC(=O)N1C/C(=C\C(C)O[Si](C)(C)C(C)(C)C)C2. The summed E-state index contributed by atoms with van der Waals surface area (Å²) in [5.41, 5.74) is 0.322. The number of fused-ring (bicyclic) bond motifs is 1. The standard InChI is InChI=1S/C19H33NO4Si/c1-8-23-17(22)19-10-9-16(21)20(19)13-15(12-19)11-14(2)24-25(6,7)18(3,4)5/h11,14H,8-10,12-13H2,1-7H3/b15-11-/t14?,19-/m0/s1.